The predicted molar refractivity (Wildman–Crippen MR) is 202 cm³/mol. The minimum absolute atomic E-state index is 1.30. The molecule has 4 heteroatoms. The second kappa shape index (κ2) is 20.4. The zero-order valence-electron chi connectivity index (χ0n) is 26.6. The van der Waals surface area contributed by atoms with E-state index in [0.717, 1.165) is 0 Å². The van der Waals surface area contributed by atoms with E-state index in [-0.39, 0.29) is 0 Å². The van der Waals surface area contributed by atoms with E-state index < -0.39 is 46.2 Å². The third-order valence-electron chi connectivity index (χ3n) is 8.71. The average Bonchev–Trinajstić information content (AvgIpc) is 3.09. The molecule has 232 valence electrons. The van der Waals surface area contributed by atoms with Gasteiger partial charge in [0.2, 0.25) is 0 Å². The zero-order valence-corrected chi connectivity index (χ0v) is 34.2. The first-order valence-electron chi connectivity index (χ1n) is 17.3. The summed E-state index contributed by atoms with van der Waals surface area (Å²) < 4.78 is 7.18. The van der Waals surface area contributed by atoms with Crippen molar-refractivity contribution < 1.29 is 0 Å². The van der Waals surface area contributed by atoms with Gasteiger partial charge in [-0.3, -0.25) is 0 Å². The van der Waals surface area contributed by atoms with Gasteiger partial charge in [-0.05, 0) is 0 Å². The van der Waals surface area contributed by atoms with Crippen LogP contribution in [0, 0.1) is 0 Å². The molecule has 0 N–H and O–H groups in total. The van der Waals surface area contributed by atoms with Crippen molar-refractivity contribution in [2.45, 2.75) is 100 Å². The molecule has 1 saturated heterocycles. The molecule has 4 unspecified atom stereocenters. The molecule has 1 heterocycles. The summed E-state index contributed by atoms with van der Waals surface area (Å²) >= 11 is -2.60. The topological polar surface area (TPSA) is 0 Å². The number of hydrogen-bond acceptors (Lipinski definition) is 0. The van der Waals surface area contributed by atoms with Gasteiger partial charge < -0.3 is 0 Å². The van der Waals surface area contributed by atoms with Crippen molar-refractivity contribution in [3.05, 3.63) is 121 Å². The van der Waals surface area contributed by atoms with E-state index in [9.17, 15) is 0 Å². The van der Waals surface area contributed by atoms with Gasteiger partial charge in [0.15, 0.2) is 0 Å². The normalized spacial score (nSPS) is 23.8. The molecule has 4 aromatic carbocycles. The maximum atomic E-state index is 2.59. The minimum atomic E-state index is -1.37. The van der Waals surface area contributed by atoms with Crippen LogP contribution in [-0.4, -0.2) is 46.2 Å². The Morgan fingerprint density at radius 3 is 0.750 bits per heavy atom. The predicted octanol–water partition coefficient (Wildman–Crippen LogP) is 8.30. The Kier molecular flexibility index (Phi) is 15.9. The van der Waals surface area contributed by atoms with Gasteiger partial charge in [-0.15, -0.1) is 0 Å². The second-order valence-corrected chi connectivity index (χ2v) is 67.5. The van der Waals surface area contributed by atoms with Crippen LogP contribution in [0.3, 0.4) is 0 Å². The molecule has 0 amide bonds. The van der Waals surface area contributed by atoms with Crippen LogP contribution in [0.1, 0.15) is 89.9 Å². The third kappa shape index (κ3) is 10.8. The Morgan fingerprint density at radius 2 is 0.477 bits per heavy atom. The summed E-state index contributed by atoms with van der Waals surface area (Å²) in [7, 11) is -2.75. The molecule has 4 aromatic rings. The molecular weight excluding hydrogens is 780 g/mol. The molecule has 0 spiro atoms. The maximum absolute atomic E-state index is 2.59. The van der Waals surface area contributed by atoms with Gasteiger partial charge in [0.05, 0.1) is 0 Å². The summed E-state index contributed by atoms with van der Waals surface area (Å²) in [5, 5.41) is 3.03. The Labute approximate surface area is 282 Å². The summed E-state index contributed by atoms with van der Waals surface area (Å²) in [6.07, 6.45) is 20.3. The van der Waals surface area contributed by atoms with Crippen LogP contribution in [0.4, 0.5) is 0 Å². The molecule has 44 heavy (non-hydrogen) atoms. The van der Waals surface area contributed by atoms with Gasteiger partial charge in [0, 0.05) is 0 Å². The SMILES string of the molecule is c1ccc([As]2CCCCCCCCCCCCCCCC[As](c3ccccc3)[As](c3ccccc3)[As]2c2ccccc2)cc1. The molecule has 1 aliphatic heterocycles. The van der Waals surface area contributed by atoms with Crippen LogP contribution in [0.25, 0.3) is 0 Å². The van der Waals surface area contributed by atoms with Crippen molar-refractivity contribution in [3.8, 4) is 0 Å². The summed E-state index contributed by atoms with van der Waals surface area (Å²) in [6.45, 7) is 0. The molecular formula is C40H52As4. The van der Waals surface area contributed by atoms with E-state index in [1.54, 1.807) is 8.70 Å². The van der Waals surface area contributed by atoms with Gasteiger partial charge in [0.1, 0.15) is 0 Å². The number of rotatable bonds is 4. The van der Waals surface area contributed by atoms with E-state index in [1.165, 1.54) is 100 Å². The van der Waals surface area contributed by atoms with Crippen LogP contribution < -0.4 is 17.4 Å². The van der Waals surface area contributed by atoms with Crippen molar-refractivity contribution in [1.82, 2.24) is 0 Å². The third-order valence-corrected chi connectivity index (χ3v) is 117. The molecule has 0 radical (unpaired) electrons. The fourth-order valence-electron chi connectivity index (χ4n) is 6.34. The quantitative estimate of drug-likeness (QED) is 0.182. The van der Waals surface area contributed by atoms with Gasteiger partial charge in [-0.2, -0.15) is 0 Å². The first-order valence-corrected chi connectivity index (χ1v) is 39.3. The van der Waals surface area contributed by atoms with Crippen molar-refractivity contribution in [3.63, 3.8) is 0 Å². The summed E-state index contributed by atoms with van der Waals surface area (Å²) in [4.78, 5) is 0. The number of benzene rings is 4. The van der Waals surface area contributed by atoms with E-state index >= 15 is 0 Å². The molecule has 0 aromatic heterocycles. The first-order chi connectivity index (χ1) is 21.9. The van der Waals surface area contributed by atoms with E-state index in [1.807, 2.05) is 8.70 Å². The van der Waals surface area contributed by atoms with Gasteiger partial charge in [-0.25, -0.2) is 0 Å². The Hall–Kier alpha value is -0.886. The fourth-order valence-corrected chi connectivity index (χ4v) is 168. The van der Waals surface area contributed by atoms with Gasteiger partial charge in [0.25, 0.3) is 0 Å². The Bertz CT molecular complexity index is 1180. The van der Waals surface area contributed by atoms with E-state index in [0.29, 0.717) is 0 Å². The summed E-state index contributed by atoms with van der Waals surface area (Å²) in [5.41, 5.74) is 0. The van der Waals surface area contributed by atoms with Crippen LogP contribution in [-0.2, 0) is 0 Å². The monoisotopic (exact) mass is 832 g/mol. The molecule has 1 aliphatic rings. The van der Waals surface area contributed by atoms with Crippen LogP contribution in [0.5, 0.6) is 0 Å². The van der Waals surface area contributed by atoms with Crippen LogP contribution in [0.15, 0.2) is 121 Å². The second-order valence-electron chi connectivity index (χ2n) is 12.1. The average molecular weight is 833 g/mol. The summed E-state index contributed by atoms with van der Waals surface area (Å²) in [6, 6.07) is 48.5. The molecule has 0 nitrogen and oxygen atoms in total. The van der Waals surface area contributed by atoms with E-state index in [4.69, 9.17) is 0 Å². The Morgan fingerprint density at radius 1 is 0.250 bits per heavy atom. The van der Waals surface area contributed by atoms with Crippen molar-refractivity contribution in [2.24, 2.45) is 0 Å². The molecule has 1 fully saturated rings. The Balaban J connectivity index is 1.58. The molecule has 0 bridgehead atoms. The zero-order chi connectivity index (χ0) is 30.1. The van der Waals surface area contributed by atoms with Gasteiger partial charge >= 0.3 is 285 Å². The summed E-state index contributed by atoms with van der Waals surface area (Å²) in [5.74, 6) is 0. The van der Waals surface area contributed by atoms with Gasteiger partial charge in [-0.1, -0.05) is 0 Å². The molecule has 0 saturated carbocycles. The number of hydrogen-bond donors (Lipinski definition) is 0. The standard InChI is InChI=1S/C40H52As4/c1-2-4-6-8-10-12-26-36-42(38-29-19-14-20-30-38)44(40-33-23-16-24-34-40)43(39-31-21-15-22-32-39)41(37-27-17-13-18-28-37)35-25-11-9-7-5-3-1/h13-24,27-34H,1-12,25-26,35-36H2. The molecule has 5 rings (SSSR count). The first kappa shape index (κ1) is 34.4. The van der Waals surface area contributed by atoms with Crippen molar-refractivity contribution in [1.29, 1.82) is 0 Å². The molecule has 4 atom stereocenters. The fraction of sp³-hybridized carbons (Fsp3) is 0.400. The van der Waals surface area contributed by atoms with Crippen LogP contribution in [0.2, 0.25) is 10.4 Å². The van der Waals surface area contributed by atoms with E-state index in [2.05, 4.69) is 121 Å². The molecule has 0 aliphatic carbocycles. The van der Waals surface area contributed by atoms with Crippen molar-refractivity contribution >= 4 is 63.6 Å². The van der Waals surface area contributed by atoms with Crippen molar-refractivity contribution in [2.75, 3.05) is 0 Å². The van der Waals surface area contributed by atoms with Crippen LogP contribution >= 0.6 is 0 Å².